The lowest BCUT2D eigenvalue weighted by Crippen LogP contribution is -2.40. The van der Waals surface area contributed by atoms with Crippen molar-refractivity contribution >= 4 is 45.1 Å². The smallest absolute Gasteiger partial charge is 0.340 e. The summed E-state index contributed by atoms with van der Waals surface area (Å²) in [6, 6.07) is 2.24. The Balaban J connectivity index is 1.66. The molecule has 166 valence electrons. The summed E-state index contributed by atoms with van der Waals surface area (Å²) in [5, 5.41) is 2.43. The van der Waals surface area contributed by atoms with E-state index in [1.165, 1.54) is 10.4 Å². The van der Waals surface area contributed by atoms with Gasteiger partial charge in [0.1, 0.15) is 4.90 Å². The van der Waals surface area contributed by atoms with E-state index in [-0.39, 0.29) is 52.9 Å². The molecule has 1 unspecified atom stereocenters. The number of nitrogens with one attached hydrogen (secondary N) is 1. The maximum Gasteiger partial charge on any atom is 0.340 e. The molecule has 2 saturated heterocycles. The Kier molecular flexibility index (Phi) is 7.94. The first kappa shape index (κ1) is 23.2. The highest BCUT2D eigenvalue weighted by Crippen LogP contribution is 2.31. The van der Waals surface area contributed by atoms with Gasteiger partial charge in [-0.25, -0.2) is 13.2 Å². The number of carbonyl (C=O) groups excluding carboxylic acids is 2. The van der Waals surface area contributed by atoms with Crippen LogP contribution in [0.1, 0.15) is 23.2 Å². The third-order valence-electron chi connectivity index (χ3n) is 4.71. The largest absolute Gasteiger partial charge is 0.452 e. The van der Waals surface area contributed by atoms with Crippen LogP contribution in [0.4, 0.5) is 0 Å². The molecule has 2 aliphatic rings. The normalized spacial score (nSPS) is 20.1. The highest BCUT2D eigenvalue weighted by atomic mass is 35.5. The fraction of sp³-hybridized carbons (Fsp3) is 0.556. The maximum absolute atomic E-state index is 12.9. The standard InChI is InChI=1S/C18H22Cl2N2O7S/c19-14-9-15(20)16(30(25,26)22-3-6-27-7-4-22)8-13(14)18(24)29-11-17(23)21-10-12-2-1-5-28-12/h8-9,12H,1-7,10-11H2,(H,21,23). The van der Waals surface area contributed by atoms with Crippen LogP contribution in [0.5, 0.6) is 0 Å². The zero-order valence-electron chi connectivity index (χ0n) is 16.1. The average molecular weight is 481 g/mol. The topological polar surface area (TPSA) is 111 Å². The van der Waals surface area contributed by atoms with E-state index in [2.05, 4.69) is 5.32 Å². The molecule has 2 aliphatic heterocycles. The van der Waals surface area contributed by atoms with E-state index in [0.29, 0.717) is 13.2 Å². The van der Waals surface area contributed by atoms with Crippen LogP contribution in [0.3, 0.4) is 0 Å². The SMILES string of the molecule is O=C(COC(=O)c1cc(S(=O)(=O)N2CCOCC2)c(Cl)cc1Cl)NCC1CCCO1. The molecular formula is C18H22Cl2N2O7S. The van der Waals surface area contributed by atoms with E-state index in [4.69, 9.17) is 37.4 Å². The Morgan fingerprint density at radius 2 is 1.90 bits per heavy atom. The molecule has 1 aromatic rings. The molecule has 2 fully saturated rings. The van der Waals surface area contributed by atoms with Crippen LogP contribution in [-0.2, 0) is 29.0 Å². The highest BCUT2D eigenvalue weighted by molar-refractivity contribution is 7.89. The van der Waals surface area contributed by atoms with Gasteiger partial charge in [0.05, 0.1) is 34.9 Å². The van der Waals surface area contributed by atoms with Crippen molar-refractivity contribution in [2.45, 2.75) is 23.8 Å². The number of esters is 1. The van der Waals surface area contributed by atoms with Gasteiger partial charge in [0.2, 0.25) is 10.0 Å². The summed E-state index contributed by atoms with van der Waals surface area (Å²) in [7, 11) is -3.95. The number of rotatable bonds is 7. The van der Waals surface area contributed by atoms with E-state index in [1.54, 1.807) is 0 Å². The van der Waals surface area contributed by atoms with Crippen LogP contribution >= 0.6 is 23.2 Å². The second-order valence-electron chi connectivity index (χ2n) is 6.79. The number of hydrogen-bond donors (Lipinski definition) is 1. The molecule has 1 amide bonds. The molecule has 1 atom stereocenters. The first-order valence-electron chi connectivity index (χ1n) is 9.41. The maximum atomic E-state index is 12.9. The van der Waals surface area contributed by atoms with Gasteiger partial charge in [-0.3, -0.25) is 4.79 Å². The number of halogens is 2. The van der Waals surface area contributed by atoms with E-state index in [9.17, 15) is 18.0 Å². The van der Waals surface area contributed by atoms with Gasteiger partial charge >= 0.3 is 5.97 Å². The summed E-state index contributed by atoms with van der Waals surface area (Å²) in [6.45, 7) is 1.34. The third-order valence-corrected chi connectivity index (χ3v) is 7.39. The number of carbonyl (C=O) groups is 2. The fourth-order valence-electron chi connectivity index (χ4n) is 3.10. The van der Waals surface area contributed by atoms with Crippen molar-refractivity contribution in [2.75, 3.05) is 46.1 Å². The van der Waals surface area contributed by atoms with Crippen molar-refractivity contribution in [3.05, 3.63) is 27.7 Å². The lowest BCUT2D eigenvalue weighted by molar-refractivity contribution is -0.124. The zero-order chi connectivity index (χ0) is 21.7. The van der Waals surface area contributed by atoms with Gasteiger partial charge in [0.25, 0.3) is 5.91 Å². The van der Waals surface area contributed by atoms with Gasteiger partial charge in [-0.1, -0.05) is 23.2 Å². The Labute approximate surface area is 184 Å². The Morgan fingerprint density at radius 1 is 1.17 bits per heavy atom. The van der Waals surface area contributed by atoms with Gasteiger partial charge in [0, 0.05) is 26.2 Å². The molecule has 0 saturated carbocycles. The van der Waals surface area contributed by atoms with Crippen molar-refractivity contribution in [3.63, 3.8) is 0 Å². The number of amides is 1. The second kappa shape index (κ2) is 10.3. The van der Waals surface area contributed by atoms with Crippen LogP contribution in [-0.4, -0.2) is 76.8 Å². The number of sulfonamides is 1. The predicted molar refractivity (Wildman–Crippen MR) is 108 cm³/mol. The first-order valence-corrected chi connectivity index (χ1v) is 11.6. The summed E-state index contributed by atoms with van der Waals surface area (Å²) >= 11 is 12.2. The van der Waals surface area contributed by atoms with Gasteiger partial charge in [-0.05, 0) is 25.0 Å². The van der Waals surface area contributed by atoms with Crippen LogP contribution < -0.4 is 5.32 Å². The van der Waals surface area contributed by atoms with Crippen molar-refractivity contribution in [2.24, 2.45) is 0 Å². The molecule has 0 aliphatic carbocycles. The van der Waals surface area contributed by atoms with Crippen LogP contribution in [0.15, 0.2) is 17.0 Å². The predicted octanol–water partition coefficient (Wildman–Crippen LogP) is 1.47. The second-order valence-corrected chi connectivity index (χ2v) is 9.51. The summed E-state index contributed by atoms with van der Waals surface area (Å²) in [5.74, 6) is -1.42. The molecule has 1 N–H and O–H groups in total. The number of hydrogen-bond acceptors (Lipinski definition) is 7. The van der Waals surface area contributed by atoms with Gasteiger partial charge in [-0.2, -0.15) is 4.31 Å². The number of ether oxygens (including phenoxy) is 3. The molecule has 0 spiro atoms. The molecular weight excluding hydrogens is 459 g/mol. The van der Waals surface area contributed by atoms with Crippen molar-refractivity contribution in [1.82, 2.24) is 9.62 Å². The van der Waals surface area contributed by atoms with E-state index in [0.717, 1.165) is 18.9 Å². The van der Waals surface area contributed by atoms with Crippen LogP contribution in [0.2, 0.25) is 10.0 Å². The summed E-state index contributed by atoms with van der Waals surface area (Å²) in [6.07, 6.45) is 1.77. The van der Waals surface area contributed by atoms with Gasteiger partial charge in [-0.15, -0.1) is 0 Å². The minimum atomic E-state index is -3.95. The third kappa shape index (κ3) is 5.63. The summed E-state index contributed by atoms with van der Waals surface area (Å²) in [4.78, 5) is 24.1. The molecule has 3 rings (SSSR count). The average Bonchev–Trinajstić information content (AvgIpc) is 3.24. The first-order chi connectivity index (χ1) is 14.3. The van der Waals surface area contributed by atoms with E-state index >= 15 is 0 Å². The molecule has 2 heterocycles. The van der Waals surface area contributed by atoms with Crippen molar-refractivity contribution in [3.8, 4) is 0 Å². The van der Waals surface area contributed by atoms with Crippen LogP contribution in [0, 0.1) is 0 Å². The summed E-state index contributed by atoms with van der Waals surface area (Å²) < 4.78 is 42.6. The Bertz CT molecular complexity index is 898. The zero-order valence-corrected chi connectivity index (χ0v) is 18.4. The quantitative estimate of drug-likeness (QED) is 0.587. The monoisotopic (exact) mass is 480 g/mol. The van der Waals surface area contributed by atoms with Crippen molar-refractivity contribution in [1.29, 1.82) is 0 Å². The molecule has 0 bridgehead atoms. The molecule has 9 nitrogen and oxygen atoms in total. The molecule has 1 aromatic carbocycles. The molecule has 0 radical (unpaired) electrons. The van der Waals surface area contributed by atoms with Crippen LogP contribution in [0.25, 0.3) is 0 Å². The Morgan fingerprint density at radius 3 is 2.57 bits per heavy atom. The highest BCUT2D eigenvalue weighted by Gasteiger charge is 2.30. The van der Waals surface area contributed by atoms with E-state index in [1.807, 2.05) is 0 Å². The van der Waals surface area contributed by atoms with Gasteiger partial charge < -0.3 is 19.5 Å². The number of benzene rings is 1. The minimum absolute atomic E-state index is 0.0386. The van der Waals surface area contributed by atoms with Gasteiger partial charge in [0.15, 0.2) is 6.61 Å². The van der Waals surface area contributed by atoms with E-state index < -0.39 is 28.5 Å². The fourth-order valence-corrected chi connectivity index (χ4v) is 5.34. The lowest BCUT2D eigenvalue weighted by Gasteiger charge is -2.26. The Hall–Kier alpha value is -1.43. The summed E-state index contributed by atoms with van der Waals surface area (Å²) in [5.41, 5.74) is -0.195. The molecule has 12 heteroatoms. The molecule has 30 heavy (non-hydrogen) atoms. The minimum Gasteiger partial charge on any atom is -0.452 e. The number of morpholine rings is 1. The lowest BCUT2D eigenvalue weighted by atomic mass is 10.2. The number of nitrogens with zero attached hydrogens (tertiary/aromatic N) is 1. The molecule has 0 aromatic heterocycles. The van der Waals surface area contributed by atoms with Crippen molar-refractivity contribution < 1.29 is 32.2 Å².